The predicted octanol–water partition coefficient (Wildman–Crippen LogP) is 2.72. The van der Waals surface area contributed by atoms with Crippen molar-refractivity contribution >= 4 is 23.7 Å². The monoisotopic (exact) mass is 303 g/mol. The van der Waals surface area contributed by atoms with E-state index in [-0.39, 0.29) is 12.4 Å². The van der Waals surface area contributed by atoms with Gasteiger partial charge in [0.1, 0.15) is 11.1 Å². The van der Waals surface area contributed by atoms with Gasteiger partial charge in [0.2, 0.25) is 0 Å². The lowest BCUT2D eigenvalue weighted by atomic mass is 9.92. The van der Waals surface area contributed by atoms with Gasteiger partial charge in [-0.25, -0.2) is 9.59 Å². The molecule has 0 spiro atoms. The largest absolute Gasteiger partial charge is 0.467 e. The van der Waals surface area contributed by atoms with Gasteiger partial charge >= 0.3 is 12.1 Å². The molecule has 20 heavy (non-hydrogen) atoms. The Balaban J connectivity index is 3.09. The number of methoxy groups -OCH3 is 1. The fraction of sp³-hybridized carbons (Fsp3) is 0.714. The van der Waals surface area contributed by atoms with Crippen molar-refractivity contribution < 1.29 is 19.1 Å². The molecule has 1 saturated heterocycles. The molecule has 1 unspecified atom stereocenters. The van der Waals surface area contributed by atoms with Crippen LogP contribution in [0.3, 0.4) is 0 Å². The molecule has 0 bridgehead atoms. The Kier molecular flexibility index (Phi) is 5.08. The summed E-state index contributed by atoms with van der Waals surface area (Å²) >= 11 is 5.81. The van der Waals surface area contributed by atoms with Gasteiger partial charge in [-0.2, -0.15) is 0 Å². The molecule has 0 saturated carbocycles. The molecule has 0 N–H and O–H groups in total. The normalized spacial score (nSPS) is 22.9. The van der Waals surface area contributed by atoms with Gasteiger partial charge in [-0.3, -0.25) is 4.90 Å². The van der Waals surface area contributed by atoms with Gasteiger partial charge in [0.05, 0.1) is 7.11 Å². The van der Waals surface area contributed by atoms with Crippen LogP contribution in [-0.4, -0.2) is 47.6 Å². The second kappa shape index (κ2) is 6.04. The van der Waals surface area contributed by atoms with E-state index in [1.54, 1.807) is 20.8 Å². The second-order valence-corrected chi connectivity index (χ2v) is 6.33. The maximum atomic E-state index is 12.3. The Hall–Kier alpha value is -1.23. The van der Waals surface area contributed by atoms with Crippen LogP contribution >= 0.6 is 11.6 Å². The third-order valence-electron chi connectivity index (χ3n) is 3.13. The summed E-state index contributed by atoms with van der Waals surface area (Å²) in [6, 6.07) is 0. The molecule has 0 aromatic heterocycles. The van der Waals surface area contributed by atoms with Crippen molar-refractivity contribution in [2.24, 2.45) is 0 Å². The van der Waals surface area contributed by atoms with Gasteiger partial charge in [-0.15, -0.1) is 11.6 Å². The first kappa shape index (κ1) is 16.8. The quantitative estimate of drug-likeness (QED) is 0.457. The summed E-state index contributed by atoms with van der Waals surface area (Å²) in [7, 11) is 1.30. The molecule has 5 nitrogen and oxygen atoms in total. The van der Waals surface area contributed by atoms with Gasteiger partial charge in [0, 0.05) is 18.8 Å². The summed E-state index contributed by atoms with van der Waals surface area (Å²) in [5.41, 5.74) is -0.953. The first-order chi connectivity index (χ1) is 9.16. The Bertz CT molecular complexity index is 416. The van der Waals surface area contributed by atoms with Crippen molar-refractivity contribution in [3.05, 3.63) is 12.2 Å². The van der Waals surface area contributed by atoms with E-state index in [0.29, 0.717) is 12.8 Å². The number of likely N-dealkylation sites (tertiary alicyclic amines) is 1. The lowest BCUT2D eigenvalue weighted by Gasteiger charge is -2.36. The van der Waals surface area contributed by atoms with Crippen LogP contribution in [0.1, 0.15) is 33.6 Å². The minimum absolute atomic E-state index is 0.238. The number of esters is 1. The number of alkyl halides is 1. The van der Waals surface area contributed by atoms with E-state index in [1.165, 1.54) is 12.0 Å². The molecule has 1 rings (SSSR count). The summed E-state index contributed by atoms with van der Waals surface area (Å²) in [6.45, 7) is 9.48. The van der Waals surface area contributed by atoms with Crippen LogP contribution < -0.4 is 0 Å². The number of rotatable bonds is 3. The zero-order chi connectivity index (χ0) is 15.6. The summed E-state index contributed by atoms with van der Waals surface area (Å²) in [6.07, 6.45) is 0.108. The van der Waals surface area contributed by atoms with Crippen molar-refractivity contribution in [1.29, 1.82) is 0 Å². The van der Waals surface area contributed by atoms with Crippen molar-refractivity contribution in [2.75, 3.05) is 19.5 Å². The Labute approximate surface area is 124 Å². The molecule has 1 aliphatic heterocycles. The fourth-order valence-electron chi connectivity index (χ4n) is 2.35. The van der Waals surface area contributed by atoms with Crippen molar-refractivity contribution in [1.82, 2.24) is 4.90 Å². The van der Waals surface area contributed by atoms with Gasteiger partial charge in [0.25, 0.3) is 0 Å². The van der Waals surface area contributed by atoms with E-state index in [9.17, 15) is 9.59 Å². The standard InChI is InChI=1S/C14H22ClNO4/c1-10-8-14(6-7-15,11(17)19-5)16(9-10)12(18)20-13(2,3)4/h1,6-9H2,2-5H3. The van der Waals surface area contributed by atoms with Crippen LogP contribution in [0.15, 0.2) is 12.2 Å². The van der Waals surface area contributed by atoms with E-state index in [4.69, 9.17) is 21.1 Å². The first-order valence-corrected chi connectivity index (χ1v) is 7.01. The number of halogens is 1. The highest BCUT2D eigenvalue weighted by molar-refractivity contribution is 6.18. The van der Waals surface area contributed by atoms with E-state index in [2.05, 4.69) is 6.58 Å². The molecule has 0 aliphatic carbocycles. The zero-order valence-electron chi connectivity index (χ0n) is 12.5. The van der Waals surface area contributed by atoms with Crippen molar-refractivity contribution in [3.8, 4) is 0 Å². The van der Waals surface area contributed by atoms with E-state index in [0.717, 1.165) is 5.57 Å². The van der Waals surface area contributed by atoms with Crippen LogP contribution in [0, 0.1) is 0 Å². The lowest BCUT2D eigenvalue weighted by molar-refractivity contribution is -0.153. The first-order valence-electron chi connectivity index (χ1n) is 6.48. The topological polar surface area (TPSA) is 55.8 Å². The maximum Gasteiger partial charge on any atom is 0.411 e. The molecular weight excluding hydrogens is 282 g/mol. The molecule has 114 valence electrons. The van der Waals surface area contributed by atoms with Crippen LogP contribution in [0.5, 0.6) is 0 Å². The van der Waals surface area contributed by atoms with E-state index >= 15 is 0 Å². The predicted molar refractivity (Wildman–Crippen MR) is 76.8 cm³/mol. The Morgan fingerprint density at radius 1 is 1.45 bits per heavy atom. The number of carbonyl (C=O) groups excluding carboxylic acids is 2. The molecule has 1 aliphatic rings. The van der Waals surface area contributed by atoms with Crippen LogP contribution in [0.25, 0.3) is 0 Å². The van der Waals surface area contributed by atoms with E-state index < -0.39 is 23.2 Å². The number of hydrogen-bond donors (Lipinski definition) is 0. The molecule has 0 aromatic rings. The summed E-state index contributed by atoms with van der Waals surface area (Å²) in [4.78, 5) is 25.9. The lowest BCUT2D eigenvalue weighted by Crippen LogP contribution is -2.55. The SMILES string of the molecule is C=C1CN(C(=O)OC(C)(C)C)C(CCCl)(C(=O)OC)C1. The van der Waals surface area contributed by atoms with E-state index in [1.807, 2.05) is 0 Å². The minimum atomic E-state index is -1.10. The number of ether oxygens (including phenoxy) is 2. The molecule has 0 aromatic carbocycles. The number of amides is 1. The smallest absolute Gasteiger partial charge is 0.411 e. The van der Waals surface area contributed by atoms with Gasteiger partial charge in [0.15, 0.2) is 0 Å². The zero-order valence-corrected chi connectivity index (χ0v) is 13.2. The highest BCUT2D eigenvalue weighted by Gasteiger charge is 2.52. The summed E-state index contributed by atoms with van der Waals surface area (Å²) < 4.78 is 10.2. The van der Waals surface area contributed by atoms with Crippen LogP contribution in [0.2, 0.25) is 0 Å². The molecule has 1 heterocycles. The second-order valence-electron chi connectivity index (χ2n) is 5.96. The van der Waals surface area contributed by atoms with Gasteiger partial charge in [-0.05, 0) is 27.2 Å². The summed E-state index contributed by atoms with van der Waals surface area (Å²) in [5.74, 6) is -0.246. The minimum Gasteiger partial charge on any atom is -0.467 e. The maximum absolute atomic E-state index is 12.3. The average Bonchev–Trinajstić information content (AvgIpc) is 2.65. The van der Waals surface area contributed by atoms with Crippen LogP contribution in [-0.2, 0) is 14.3 Å². The molecular formula is C14H22ClNO4. The third kappa shape index (κ3) is 3.45. The number of nitrogens with zero attached hydrogens (tertiary/aromatic N) is 1. The van der Waals surface area contributed by atoms with Gasteiger partial charge < -0.3 is 9.47 Å². The fourth-order valence-corrected chi connectivity index (χ4v) is 2.66. The molecule has 1 atom stereocenters. The highest BCUT2D eigenvalue weighted by Crippen LogP contribution is 2.37. The molecule has 1 fully saturated rings. The third-order valence-corrected chi connectivity index (χ3v) is 3.32. The number of hydrogen-bond acceptors (Lipinski definition) is 4. The van der Waals surface area contributed by atoms with Crippen LogP contribution in [0.4, 0.5) is 4.79 Å². The average molecular weight is 304 g/mol. The van der Waals surface area contributed by atoms with Crippen molar-refractivity contribution in [2.45, 2.75) is 44.8 Å². The number of carbonyl (C=O) groups is 2. The van der Waals surface area contributed by atoms with Crippen molar-refractivity contribution in [3.63, 3.8) is 0 Å². The molecule has 0 radical (unpaired) electrons. The molecule has 6 heteroatoms. The molecule has 1 amide bonds. The van der Waals surface area contributed by atoms with Gasteiger partial charge in [-0.1, -0.05) is 12.2 Å². The highest BCUT2D eigenvalue weighted by atomic mass is 35.5. The summed E-state index contributed by atoms with van der Waals surface area (Å²) in [5, 5.41) is 0. The Morgan fingerprint density at radius 2 is 2.05 bits per heavy atom. The Morgan fingerprint density at radius 3 is 2.50 bits per heavy atom.